The Kier molecular flexibility index (Phi) is 5.34. The second-order valence-electron chi connectivity index (χ2n) is 5.06. The number of ketones is 1. The molecule has 124 valence electrons. The van der Waals surface area contributed by atoms with Crippen LogP contribution in [0, 0.1) is 0 Å². The number of carbonyl (C=O) groups excluding carboxylic acids is 2. The molecule has 0 bridgehead atoms. The maximum atomic E-state index is 12.2. The summed E-state index contributed by atoms with van der Waals surface area (Å²) in [6.45, 7) is 1.97. The lowest BCUT2D eigenvalue weighted by Crippen LogP contribution is -2.42. The summed E-state index contributed by atoms with van der Waals surface area (Å²) in [5.41, 5.74) is 3.35. The van der Waals surface area contributed by atoms with Gasteiger partial charge in [0.15, 0.2) is 5.78 Å². The Morgan fingerprint density at radius 2 is 2.13 bits per heavy atom. The van der Waals surface area contributed by atoms with Gasteiger partial charge < -0.3 is 4.90 Å². The molecular weight excluding hydrogens is 338 g/mol. The molecule has 0 aromatic carbocycles. The Balaban J connectivity index is 2.05. The third kappa shape index (κ3) is 5.02. The van der Waals surface area contributed by atoms with Crippen LogP contribution in [0.2, 0.25) is 0 Å². The maximum absolute atomic E-state index is 12.2. The van der Waals surface area contributed by atoms with Crippen molar-refractivity contribution in [3.63, 3.8) is 0 Å². The van der Waals surface area contributed by atoms with Crippen LogP contribution in [-0.4, -0.2) is 37.8 Å². The van der Waals surface area contributed by atoms with E-state index in [4.69, 9.17) is 0 Å². The lowest BCUT2D eigenvalue weighted by Gasteiger charge is -2.25. The highest BCUT2D eigenvalue weighted by molar-refractivity contribution is 7.88. The second kappa shape index (κ2) is 7.07. The fourth-order valence-corrected chi connectivity index (χ4v) is 2.86. The van der Waals surface area contributed by atoms with Gasteiger partial charge in [-0.25, -0.2) is 8.42 Å². The fourth-order valence-electron chi connectivity index (χ4n) is 1.93. The predicted octanol–water partition coefficient (Wildman–Crippen LogP) is 1.00. The van der Waals surface area contributed by atoms with E-state index < -0.39 is 15.9 Å². The van der Waals surface area contributed by atoms with Crippen LogP contribution in [0.25, 0.3) is 0 Å². The van der Waals surface area contributed by atoms with Crippen LogP contribution in [0.1, 0.15) is 23.0 Å². The summed E-state index contributed by atoms with van der Waals surface area (Å²) in [7, 11) is -3.52. The Morgan fingerprint density at radius 3 is 2.74 bits per heavy atom. The third-order valence-electron chi connectivity index (χ3n) is 3.13. The molecule has 7 nitrogen and oxygen atoms in total. The molecule has 1 aromatic heterocycles. The molecule has 0 unspecified atom stereocenters. The minimum Gasteiger partial charge on any atom is -0.344 e. The van der Waals surface area contributed by atoms with E-state index in [0.717, 1.165) is 12.0 Å². The normalized spacial score (nSPS) is 15.0. The number of nitrogens with one attached hydrogen (secondary N) is 2. The first-order chi connectivity index (χ1) is 10.8. The van der Waals surface area contributed by atoms with Gasteiger partial charge in [0, 0.05) is 17.5 Å². The summed E-state index contributed by atoms with van der Waals surface area (Å²) in [5.74, 6) is -0.590. The second-order valence-corrected chi connectivity index (χ2v) is 7.76. The molecule has 9 heteroatoms. The molecule has 1 aliphatic rings. The van der Waals surface area contributed by atoms with Gasteiger partial charge in [0.2, 0.25) is 10.0 Å². The molecule has 0 fully saturated rings. The van der Waals surface area contributed by atoms with Crippen molar-refractivity contribution in [1.82, 2.24) is 15.2 Å². The standard InChI is InChI=1S/C14H17N3O4S2/c1-10-5-6-11(14(19)15-16-23(2,20)21)8-17(10)9-12(18)13-4-3-7-22-13/h3-5,7-8,16H,6,9H2,1-2H3,(H,15,19). The quantitative estimate of drug-likeness (QED) is 0.586. The molecule has 0 spiro atoms. The highest BCUT2D eigenvalue weighted by Gasteiger charge is 2.19. The van der Waals surface area contributed by atoms with E-state index in [2.05, 4.69) is 5.43 Å². The summed E-state index contributed by atoms with van der Waals surface area (Å²) in [6.07, 6.45) is 4.70. The van der Waals surface area contributed by atoms with E-state index in [1.54, 1.807) is 17.2 Å². The number of rotatable bonds is 6. The molecule has 1 aliphatic heterocycles. The minimum absolute atomic E-state index is 0.0417. The van der Waals surface area contributed by atoms with E-state index >= 15 is 0 Å². The summed E-state index contributed by atoms with van der Waals surface area (Å²) in [6, 6.07) is 3.56. The number of carbonyl (C=O) groups is 2. The molecule has 0 atom stereocenters. The first kappa shape index (κ1) is 17.4. The number of sulfonamides is 1. The zero-order chi connectivity index (χ0) is 17.0. The van der Waals surface area contributed by atoms with Gasteiger partial charge in [0.05, 0.1) is 17.7 Å². The monoisotopic (exact) mass is 355 g/mol. The molecule has 2 N–H and O–H groups in total. The van der Waals surface area contributed by atoms with Crippen LogP contribution >= 0.6 is 11.3 Å². The average molecular weight is 355 g/mol. The Labute approximate surface area is 138 Å². The first-order valence-electron chi connectivity index (χ1n) is 6.74. The van der Waals surface area contributed by atoms with Gasteiger partial charge in [0.1, 0.15) is 0 Å². The zero-order valence-electron chi connectivity index (χ0n) is 12.7. The number of allylic oxidation sites excluding steroid dienone is 2. The predicted molar refractivity (Wildman–Crippen MR) is 87.9 cm³/mol. The van der Waals surface area contributed by atoms with Gasteiger partial charge in [-0.2, -0.15) is 0 Å². The smallest absolute Gasteiger partial charge is 0.263 e. The van der Waals surface area contributed by atoms with Crippen LogP contribution in [0.3, 0.4) is 0 Å². The van der Waals surface area contributed by atoms with Crippen molar-refractivity contribution < 1.29 is 18.0 Å². The van der Waals surface area contributed by atoms with Crippen molar-refractivity contribution in [1.29, 1.82) is 0 Å². The maximum Gasteiger partial charge on any atom is 0.263 e. The van der Waals surface area contributed by atoms with Crippen molar-refractivity contribution >= 4 is 33.1 Å². The van der Waals surface area contributed by atoms with Gasteiger partial charge in [-0.15, -0.1) is 16.2 Å². The molecule has 0 saturated heterocycles. The number of hydrazine groups is 1. The van der Waals surface area contributed by atoms with Gasteiger partial charge in [0.25, 0.3) is 5.91 Å². The summed E-state index contributed by atoms with van der Waals surface area (Å²) < 4.78 is 22.0. The number of hydrogen-bond donors (Lipinski definition) is 2. The number of amides is 1. The van der Waals surface area contributed by atoms with Crippen molar-refractivity contribution in [2.75, 3.05) is 12.8 Å². The van der Waals surface area contributed by atoms with Crippen molar-refractivity contribution in [3.8, 4) is 0 Å². The Morgan fingerprint density at radius 1 is 1.39 bits per heavy atom. The number of hydrogen-bond acceptors (Lipinski definition) is 6. The lowest BCUT2D eigenvalue weighted by atomic mass is 10.1. The van der Waals surface area contributed by atoms with Crippen molar-refractivity contribution in [2.24, 2.45) is 0 Å². The summed E-state index contributed by atoms with van der Waals surface area (Å²) in [5, 5.41) is 1.83. The van der Waals surface area contributed by atoms with E-state index in [1.165, 1.54) is 11.3 Å². The molecule has 1 amide bonds. The van der Waals surface area contributed by atoms with Crippen LogP contribution in [-0.2, 0) is 14.8 Å². The van der Waals surface area contributed by atoms with Crippen LogP contribution in [0.5, 0.6) is 0 Å². The molecule has 1 aromatic rings. The highest BCUT2D eigenvalue weighted by atomic mass is 32.2. The van der Waals surface area contributed by atoms with Crippen LogP contribution in [0.15, 0.2) is 41.1 Å². The fraction of sp³-hybridized carbons (Fsp3) is 0.286. The van der Waals surface area contributed by atoms with E-state index in [0.29, 0.717) is 16.9 Å². The number of nitrogens with zero attached hydrogens (tertiary/aromatic N) is 1. The first-order valence-corrected chi connectivity index (χ1v) is 9.51. The molecule has 2 rings (SSSR count). The van der Waals surface area contributed by atoms with E-state index in [-0.39, 0.29) is 12.3 Å². The Bertz CT molecular complexity index is 764. The van der Waals surface area contributed by atoms with Crippen LogP contribution < -0.4 is 10.3 Å². The SMILES string of the molecule is CC1=CCC(C(=O)NNS(C)(=O)=O)=CN1CC(=O)c1cccs1. The average Bonchev–Trinajstić information content (AvgIpc) is 3.00. The number of thiophene rings is 1. The molecule has 0 radical (unpaired) electrons. The molecular formula is C14H17N3O4S2. The molecule has 2 heterocycles. The number of Topliss-reactive ketones (excluding diaryl/α,β-unsaturated/α-hetero) is 1. The highest BCUT2D eigenvalue weighted by Crippen LogP contribution is 2.19. The van der Waals surface area contributed by atoms with Gasteiger partial charge in [-0.1, -0.05) is 12.1 Å². The Hall–Kier alpha value is -1.97. The van der Waals surface area contributed by atoms with Gasteiger partial charge in [-0.3, -0.25) is 15.0 Å². The lowest BCUT2D eigenvalue weighted by molar-refractivity contribution is -0.118. The zero-order valence-corrected chi connectivity index (χ0v) is 14.3. The van der Waals surface area contributed by atoms with E-state index in [9.17, 15) is 18.0 Å². The topological polar surface area (TPSA) is 95.6 Å². The largest absolute Gasteiger partial charge is 0.344 e. The molecule has 23 heavy (non-hydrogen) atoms. The van der Waals surface area contributed by atoms with Crippen LogP contribution in [0.4, 0.5) is 0 Å². The summed E-state index contributed by atoms with van der Waals surface area (Å²) >= 11 is 1.37. The van der Waals surface area contributed by atoms with Gasteiger partial charge >= 0.3 is 0 Å². The molecule has 0 aliphatic carbocycles. The minimum atomic E-state index is -3.52. The summed E-state index contributed by atoms with van der Waals surface area (Å²) in [4.78, 5) is 28.4. The third-order valence-corrected chi connectivity index (χ3v) is 4.52. The van der Waals surface area contributed by atoms with Crippen molar-refractivity contribution in [3.05, 3.63) is 45.9 Å². The van der Waals surface area contributed by atoms with Crippen molar-refractivity contribution in [2.45, 2.75) is 13.3 Å². The van der Waals surface area contributed by atoms with Gasteiger partial charge in [-0.05, 0) is 24.8 Å². The molecule has 0 saturated carbocycles. The van der Waals surface area contributed by atoms with E-state index in [1.807, 2.05) is 29.3 Å².